The molecule has 20 heavy (non-hydrogen) atoms. The molecule has 1 atom stereocenters. The second-order valence-corrected chi connectivity index (χ2v) is 5.87. The lowest BCUT2D eigenvalue weighted by molar-refractivity contribution is 0.111. The van der Waals surface area contributed by atoms with Gasteiger partial charge in [0, 0.05) is 37.5 Å². The van der Waals surface area contributed by atoms with Crippen molar-refractivity contribution in [3.05, 3.63) is 35.9 Å². The van der Waals surface area contributed by atoms with E-state index in [-0.39, 0.29) is 0 Å². The highest BCUT2D eigenvalue weighted by molar-refractivity contribution is 9.09. The first kappa shape index (κ1) is 17.7. The maximum atomic E-state index is 5.28. The normalized spacial score (nSPS) is 13.1. The number of benzene rings is 1. The summed E-state index contributed by atoms with van der Waals surface area (Å²) < 4.78 is 5.28. The van der Waals surface area contributed by atoms with E-state index in [1.807, 2.05) is 0 Å². The molecule has 1 rings (SSSR count). The molecule has 0 aliphatic rings. The van der Waals surface area contributed by atoms with Crippen molar-refractivity contribution in [1.29, 1.82) is 0 Å². The van der Waals surface area contributed by atoms with Crippen molar-refractivity contribution in [3.63, 3.8) is 0 Å². The van der Waals surface area contributed by atoms with Gasteiger partial charge in [0.05, 0.1) is 6.61 Å². The third kappa shape index (κ3) is 5.55. The van der Waals surface area contributed by atoms with Crippen molar-refractivity contribution in [3.8, 4) is 0 Å². The molecule has 0 spiro atoms. The van der Waals surface area contributed by atoms with Crippen molar-refractivity contribution in [2.24, 2.45) is 0 Å². The van der Waals surface area contributed by atoms with Crippen molar-refractivity contribution in [2.45, 2.75) is 38.6 Å². The van der Waals surface area contributed by atoms with E-state index in [1.165, 1.54) is 18.4 Å². The Balaban J connectivity index is 2.74. The van der Waals surface area contributed by atoms with Crippen LogP contribution < -0.4 is 0 Å². The molecule has 0 fully saturated rings. The van der Waals surface area contributed by atoms with Crippen LogP contribution in [0, 0.1) is 0 Å². The van der Waals surface area contributed by atoms with E-state index in [1.54, 1.807) is 7.11 Å². The molecule has 0 N–H and O–H groups in total. The lowest BCUT2D eigenvalue weighted by Gasteiger charge is -2.33. The molecule has 1 aromatic carbocycles. The highest BCUT2D eigenvalue weighted by Crippen LogP contribution is 2.21. The van der Waals surface area contributed by atoms with Gasteiger partial charge in [-0.2, -0.15) is 0 Å². The molecule has 114 valence electrons. The Kier molecular flexibility index (Phi) is 9.16. The summed E-state index contributed by atoms with van der Waals surface area (Å²) in [5.41, 5.74) is 1.41. The number of nitrogens with zero attached hydrogens (tertiary/aromatic N) is 1. The number of hydrogen-bond donors (Lipinski definition) is 0. The molecule has 0 radical (unpaired) electrons. The van der Waals surface area contributed by atoms with E-state index < -0.39 is 0 Å². The highest BCUT2D eigenvalue weighted by Gasteiger charge is 2.20. The first-order chi connectivity index (χ1) is 9.76. The van der Waals surface area contributed by atoms with Gasteiger partial charge >= 0.3 is 0 Å². The lowest BCUT2D eigenvalue weighted by atomic mass is 9.99. The van der Waals surface area contributed by atoms with Gasteiger partial charge in [0.25, 0.3) is 0 Å². The third-order valence-corrected chi connectivity index (χ3v) is 4.74. The Morgan fingerprint density at radius 1 is 1.15 bits per heavy atom. The average molecular weight is 342 g/mol. The topological polar surface area (TPSA) is 12.5 Å². The van der Waals surface area contributed by atoms with Crippen molar-refractivity contribution in [2.75, 3.05) is 32.1 Å². The number of alkyl halides is 1. The van der Waals surface area contributed by atoms with E-state index in [0.717, 1.165) is 25.0 Å². The molecular formula is C17H28BrNO. The van der Waals surface area contributed by atoms with E-state index in [9.17, 15) is 0 Å². The molecule has 0 aliphatic carbocycles. The maximum Gasteiger partial charge on any atom is 0.0589 e. The molecule has 1 unspecified atom stereocenters. The summed E-state index contributed by atoms with van der Waals surface area (Å²) in [6.07, 6.45) is 2.40. The first-order valence-corrected chi connectivity index (χ1v) is 8.72. The zero-order valence-electron chi connectivity index (χ0n) is 13.0. The Hall–Kier alpha value is -0.380. The molecule has 0 aliphatic heterocycles. The standard InChI is InChI=1S/C17H28BrNO/c1-4-17(5-2)19(11-12-20-3)14-16(13-18)15-9-7-6-8-10-15/h6-10,16-17H,4-5,11-14H2,1-3H3. The van der Waals surface area contributed by atoms with Crippen LogP contribution in [0.2, 0.25) is 0 Å². The number of halogens is 1. The molecule has 0 heterocycles. The Morgan fingerprint density at radius 3 is 2.30 bits per heavy atom. The minimum Gasteiger partial charge on any atom is -0.383 e. The summed E-state index contributed by atoms with van der Waals surface area (Å²) in [6, 6.07) is 11.4. The molecule has 0 saturated heterocycles. The van der Waals surface area contributed by atoms with Crippen molar-refractivity contribution in [1.82, 2.24) is 4.90 Å². The van der Waals surface area contributed by atoms with Gasteiger partial charge in [0.2, 0.25) is 0 Å². The largest absolute Gasteiger partial charge is 0.383 e. The minimum atomic E-state index is 0.536. The van der Waals surface area contributed by atoms with Crippen LogP contribution in [0.1, 0.15) is 38.2 Å². The first-order valence-electron chi connectivity index (χ1n) is 7.60. The van der Waals surface area contributed by atoms with E-state index in [2.05, 4.69) is 65.0 Å². The summed E-state index contributed by atoms with van der Waals surface area (Å²) >= 11 is 3.68. The Morgan fingerprint density at radius 2 is 1.80 bits per heavy atom. The number of hydrogen-bond acceptors (Lipinski definition) is 2. The summed E-state index contributed by atoms with van der Waals surface area (Å²) in [5, 5.41) is 1.00. The van der Waals surface area contributed by atoms with Gasteiger partial charge in [-0.3, -0.25) is 4.90 Å². The van der Waals surface area contributed by atoms with Crippen LogP contribution in [0.4, 0.5) is 0 Å². The van der Waals surface area contributed by atoms with E-state index in [0.29, 0.717) is 12.0 Å². The molecule has 1 aromatic rings. The maximum absolute atomic E-state index is 5.28. The Bertz CT molecular complexity index is 340. The summed E-state index contributed by atoms with van der Waals surface area (Å²) in [6.45, 7) is 7.46. The van der Waals surface area contributed by atoms with Crippen LogP contribution in [-0.4, -0.2) is 43.1 Å². The fourth-order valence-electron chi connectivity index (χ4n) is 2.69. The highest BCUT2D eigenvalue weighted by atomic mass is 79.9. The molecular weight excluding hydrogens is 314 g/mol. The SMILES string of the molecule is CCC(CC)N(CCOC)CC(CBr)c1ccccc1. The van der Waals surface area contributed by atoms with Crippen LogP contribution in [0.15, 0.2) is 30.3 Å². The summed E-state index contributed by atoms with van der Waals surface area (Å²) in [7, 11) is 1.78. The molecule has 3 heteroatoms. The van der Waals surface area contributed by atoms with Gasteiger partial charge in [-0.05, 0) is 18.4 Å². The van der Waals surface area contributed by atoms with Gasteiger partial charge in [-0.25, -0.2) is 0 Å². The van der Waals surface area contributed by atoms with Crippen molar-refractivity contribution < 1.29 is 4.74 Å². The summed E-state index contributed by atoms with van der Waals surface area (Å²) in [4.78, 5) is 2.59. The smallest absolute Gasteiger partial charge is 0.0589 e. The second-order valence-electron chi connectivity index (χ2n) is 5.22. The Labute approximate surface area is 132 Å². The van der Waals surface area contributed by atoms with Crippen LogP contribution in [-0.2, 0) is 4.74 Å². The van der Waals surface area contributed by atoms with Gasteiger partial charge in [-0.15, -0.1) is 0 Å². The third-order valence-electron chi connectivity index (χ3n) is 3.95. The predicted octanol–water partition coefficient (Wildman–Crippen LogP) is 4.30. The number of ether oxygens (including phenoxy) is 1. The minimum absolute atomic E-state index is 0.536. The number of methoxy groups -OCH3 is 1. The van der Waals surface area contributed by atoms with Gasteiger partial charge in [-0.1, -0.05) is 60.1 Å². The fraction of sp³-hybridized carbons (Fsp3) is 0.647. The molecule has 0 aromatic heterocycles. The molecule has 0 bridgehead atoms. The van der Waals surface area contributed by atoms with Crippen LogP contribution in [0.5, 0.6) is 0 Å². The zero-order valence-corrected chi connectivity index (χ0v) is 14.6. The van der Waals surface area contributed by atoms with Crippen LogP contribution in [0.3, 0.4) is 0 Å². The van der Waals surface area contributed by atoms with Crippen LogP contribution >= 0.6 is 15.9 Å². The van der Waals surface area contributed by atoms with E-state index in [4.69, 9.17) is 4.74 Å². The van der Waals surface area contributed by atoms with Gasteiger partial charge in [0.1, 0.15) is 0 Å². The summed E-state index contributed by atoms with van der Waals surface area (Å²) in [5.74, 6) is 0.536. The molecule has 0 amide bonds. The fourth-order valence-corrected chi connectivity index (χ4v) is 3.27. The molecule has 2 nitrogen and oxygen atoms in total. The average Bonchev–Trinajstić information content (AvgIpc) is 2.51. The second kappa shape index (κ2) is 10.4. The molecule has 0 saturated carbocycles. The quantitative estimate of drug-likeness (QED) is 0.588. The lowest BCUT2D eigenvalue weighted by Crippen LogP contribution is -2.40. The van der Waals surface area contributed by atoms with Gasteiger partial charge < -0.3 is 4.74 Å². The van der Waals surface area contributed by atoms with Crippen LogP contribution in [0.25, 0.3) is 0 Å². The predicted molar refractivity (Wildman–Crippen MR) is 90.8 cm³/mol. The van der Waals surface area contributed by atoms with Gasteiger partial charge in [0.15, 0.2) is 0 Å². The van der Waals surface area contributed by atoms with Crippen molar-refractivity contribution >= 4 is 15.9 Å². The number of rotatable bonds is 10. The van der Waals surface area contributed by atoms with E-state index >= 15 is 0 Å². The zero-order chi connectivity index (χ0) is 14.8. The monoisotopic (exact) mass is 341 g/mol.